The molecule has 0 spiro atoms. The maximum absolute atomic E-state index is 5.88. The molecule has 100 valence electrons. The first-order valence-electron chi connectivity index (χ1n) is 5.86. The van der Waals surface area contributed by atoms with Gasteiger partial charge in [0.05, 0.1) is 18.7 Å². The van der Waals surface area contributed by atoms with Crippen LogP contribution in [0.1, 0.15) is 5.56 Å². The Morgan fingerprint density at radius 1 is 1.26 bits per heavy atom. The highest BCUT2D eigenvalue weighted by atomic mass is 35.5. The fraction of sp³-hybridized carbons (Fsp3) is 0.214. The van der Waals surface area contributed by atoms with Crippen LogP contribution in [0.5, 0.6) is 11.5 Å². The van der Waals surface area contributed by atoms with Crippen LogP contribution in [0.3, 0.4) is 0 Å². The first-order chi connectivity index (χ1) is 9.20. The lowest BCUT2D eigenvalue weighted by Gasteiger charge is -2.11. The highest BCUT2D eigenvalue weighted by Crippen LogP contribution is 2.26. The predicted molar refractivity (Wildman–Crippen MR) is 75.9 cm³/mol. The van der Waals surface area contributed by atoms with Crippen molar-refractivity contribution in [3.8, 4) is 11.5 Å². The third-order valence-electron chi connectivity index (χ3n) is 2.67. The van der Waals surface area contributed by atoms with Gasteiger partial charge in [-0.05, 0) is 23.8 Å². The molecule has 2 rings (SSSR count). The van der Waals surface area contributed by atoms with Gasteiger partial charge in [-0.3, -0.25) is 0 Å². The summed E-state index contributed by atoms with van der Waals surface area (Å²) in [5, 5.41) is 0.571. The van der Waals surface area contributed by atoms with E-state index < -0.39 is 0 Å². The number of nitrogen functional groups attached to an aromatic ring is 1. The highest BCUT2D eigenvalue weighted by Gasteiger charge is 2.05. The summed E-state index contributed by atoms with van der Waals surface area (Å²) in [6, 6.07) is 9.30. The maximum Gasteiger partial charge on any atom is 0.161 e. The van der Waals surface area contributed by atoms with Crippen molar-refractivity contribution >= 4 is 17.4 Å². The monoisotopic (exact) mass is 278 g/mol. The minimum atomic E-state index is 0.479. The van der Waals surface area contributed by atoms with Crippen molar-refractivity contribution < 1.29 is 9.47 Å². The van der Waals surface area contributed by atoms with Crippen LogP contribution in [0.15, 0.2) is 36.5 Å². The molecule has 0 atom stereocenters. The summed E-state index contributed by atoms with van der Waals surface area (Å²) >= 11 is 5.88. The molecule has 19 heavy (non-hydrogen) atoms. The Morgan fingerprint density at radius 2 is 2.00 bits per heavy atom. The molecule has 2 N–H and O–H groups in total. The van der Waals surface area contributed by atoms with Crippen LogP contribution in [0.25, 0.3) is 0 Å². The minimum Gasteiger partial charge on any atom is -0.493 e. The molecule has 0 unspecified atom stereocenters. The standard InChI is InChI=1S/C14H15ClN2O2/c1-18-12-4-2-3-5-13(12)19-7-6-10-8-11(15)9-17-14(10)16/h2-5,8-9H,6-7H2,1H3,(H2,16,17). The number of aromatic nitrogens is 1. The number of rotatable bonds is 5. The fourth-order valence-corrected chi connectivity index (χ4v) is 1.88. The summed E-state index contributed by atoms with van der Waals surface area (Å²) in [6.45, 7) is 0.479. The Kier molecular flexibility index (Phi) is 4.47. The van der Waals surface area contributed by atoms with E-state index in [0.29, 0.717) is 35.4 Å². The van der Waals surface area contributed by atoms with Crippen molar-refractivity contribution in [1.29, 1.82) is 0 Å². The molecule has 0 bridgehead atoms. The molecule has 0 aliphatic rings. The molecular weight excluding hydrogens is 264 g/mol. The molecule has 5 heteroatoms. The predicted octanol–water partition coefficient (Wildman–Crippen LogP) is 2.95. The summed E-state index contributed by atoms with van der Waals surface area (Å²) in [5.74, 6) is 1.89. The number of pyridine rings is 1. The van der Waals surface area contributed by atoms with Crippen molar-refractivity contribution in [2.75, 3.05) is 19.5 Å². The molecule has 1 heterocycles. The number of anilines is 1. The molecule has 1 aromatic carbocycles. The van der Waals surface area contributed by atoms with Gasteiger partial charge in [-0.1, -0.05) is 23.7 Å². The average Bonchev–Trinajstić information content (AvgIpc) is 2.43. The smallest absolute Gasteiger partial charge is 0.161 e. The molecule has 0 fully saturated rings. The number of nitrogens with zero attached hydrogens (tertiary/aromatic N) is 1. The first kappa shape index (κ1) is 13.5. The molecule has 4 nitrogen and oxygen atoms in total. The van der Waals surface area contributed by atoms with Crippen LogP contribution >= 0.6 is 11.6 Å². The zero-order valence-electron chi connectivity index (χ0n) is 10.6. The Hall–Kier alpha value is -1.94. The van der Waals surface area contributed by atoms with Gasteiger partial charge in [0.15, 0.2) is 11.5 Å². The zero-order valence-corrected chi connectivity index (χ0v) is 11.4. The van der Waals surface area contributed by atoms with Gasteiger partial charge >= 0.3 is 0 Å². The Labute approximate surface area is 117 Å². The van der Waals surface area contributed by atoms with E-state index in [1.807, 2.05) is 24.3 Å². The number of methoxy groups -OCH3 is 1. The van der Waals surface area contributed by atoms with Gasteiger partial charge < -0.3 is 15.2 Å². The highest BCUT2D eigenvalue weighted by molar-refractivity contribution is 6.30. The molecule has 0 amide bonds. The molecule has 0 saturated heterocycles. The quantitative estimate of drug-likeness (QED) is 0.913. The lowest BCUT2D eigenvalue weighted by atomic mass is 10.2. The van der Waals surface area contributed by atoms with E-state index in [-0.39, 0.29) is 0 Å². The minimum absolute atomic E-state index is 0.479. The number of hydrogen-bond donors (Lipinski definition) is 1. The molecular formula is C14H15ClN2O2. The van der Waals surface area contributed by atoms with E-state index in [1.54, 1.807) is 13.2 Å². The van der Waals surface area contributed by atoms with Gasteiger partial charge in [0.2, 0.25) is 0 Å². The fourth-order valence-electron chi connectivity index (χ4n) is 1.70. The Morgan fingerprint density at radius 3 is 2.74 bits per heavy atom. The summed E-state index contributed by atoms with van der Waals surface area (Å²) in [6.07, 6.45) is 2.17. The van der Waals surface area contributed by atoms with E-state index in [0.717, 1.165) is 5.56 Å². The molecule has 0 saturated carbocycles. The van der Waals surface area contributed by atoms with Crippen molar-refractivity contribution in [2.24, 2.45) is 0 Å². The SMILES string of the molecule is COc1ccccc1OCCc1cc(Cl)cnc1N. The van der Waals surface area contributed by atoms with E-state index in [4.69, 9.17) is 26.8 Å². The van der Waals surface area contributed by atoms with Gasteiger partial charge in [0.25, 0.3) is 0 Å². The van der Waals surface area contributed by atoms with Crippen LogP contribution in [0.2, 0.25) is 5.02 Å². The van der Waals surface area contributed by atoms with Crippen molar-refractivity contribution in [3.05, 3.63) is 47.1 Å². The average molecular weight is 279 g/mol. The number of hydrogen-bond acceptors (Lipinski definition) is 4. The van der Waals surface area contributed by atoms with Gasteiger partial charge in [0.1, 0.15) is 5.82 Å². The molecule has 2 aromatic rings. The summed E-state index contributed by atoms with van der Waals surface area (Å²) in [5.41, 5.74) is 6.65. The second-order valence-electron chi connectivity index (χ2n) is 3.95. The van der Waals surface area contributed by atoms with E-state index in [1.165, 1.54) is 6.20 Å². The van der Waals surface area contributed by atoms with Crippen molar-refractivity contribution in [1.82, 2.24) is 4.98 Å². The van der Waals surface area contributed by atoms with Crippen LogP contribution < -0.4 is 15.2 Å². The molecule has 0 radical (unpaired) electrons. The second-order valence-corrected chi connectivity index (χ2v) is 4.38. The number of para-hydroxylation sites is 2. The number of nitrogens with two attached hydrogens (primary N) is 1. The summed E-state index contributed by atoms with van der Waals surface area (Å²) in [7, 11) is 1.61. The van der Waals surface area contributed by atoms with Gasteiger partial charge in [-0.25, -0.2) is 4.98 Å². The van der Waals surface area contributed by atoms with Crippen LogP contribution in [-0.2, 0) is 6.42 Å². The first-order valence-corrected chi connectivity index (χ1v) is 6.24. The number of ether oxygens (including phenoxy) is 2. The van der Waals surface area contributed by atoms with Crippen LogP contribution in [0, 0.1) is 0 Å². The molecule has 1 aromatic heterocycles. The lowest BCUT2D eigenvalue weighted by molar-refractivity contribution is 0.298. The summed E-state index contributed by atoms with van der Waals surface area (Å²) < 4.78 is 10.9. The second kappa shape index (κ2) is 6.29. The van der Waals surface area contributed by atoms with Crippen molar-refractivity contribution in [2.45, 2.75) is 6.42 Å². The normalized spacial score (nSPS) is 10.2. The van der Waals surface area contributed by atoms with Crippen molar-refractivity contribution in [3.63, 3.8) is 0 Å². The number of halogens is 1. The Balaban J connectivity index is 1.98. The van der Waals surface area contributed by atoms with E-state index in [9.17, 15) is 0 Å². The number of benzene rings is 1. The largest absolute Gasteiger partial charge is 0.493 e. The zero-order chi connectivity index (χ0) is 13.7. The van der Waals surface area contributed by atoms with Crippen LogP contribution in [0.4, 0.5) is 5.82 Å². The summed E-state index contributed by atoms with van der Waals surface area (Å²) in [4.78, 5) is 4.00. The third-order valence-corrected chi connectivity index (χ3v) is 2.87. The lowest BCUT2D eigenvalue weighted by Crippen LogP contribution is -2.05. The Bertz CT molecular complexity index is 561. The van der Waals surface area contributed by atoms with E-state index in [2.05, 4.69) is 4.98 Å². The van der Waals surface area contributed by atoms with E-state index >= 15 is 0 Å². The van der Waals surface area contributed by atoms with Crippen LogP contribution in [-0.4, -0.2) is 18.7 Å². The topological polar surface area (TPSA) is 57.4 Å². The molecule has 0 aliphatic carbocycles. The third kappa shape index (κ3) is 3.51. The van der Waals surface area contributed by atoms with Gasteiger partial charge in [-0.15, -0.1) is 0 Å². The van der Waals surface area contributed by atoms with Gasteiger partial charge in [0, 0.05) is 12.6 Å². The molecule has 0 aliphatic heterocycles. The van der Waals surface area contributed by atoms with Gasteiger partial charge in [-0.2, -0.15) is 0 Å². The maximum atomic E-state index is 5.88.